The molecule has 0 unspecified atom stereocenters. The van der Waals surface area contributed by atoms with Crippen molar-refractivity contribution in [3.8, 4) is 11.4 Å². The standard InChI is InChI=1S/C16H14F4N4O/c1-24(2)4-3-9-5-11(13(17)6-10(9)8-25)15-22-7-12(14(21)23-15)16(18,19)20/h3-8H,1-2H3,(H2,21,22,23)/b4-3-. The lowest BCUT2D eigenvalue weighted by Crippen LogP contribution is -2.12. The summed E-state index contributed by atoms with van der Waals surface area (Å²) in [7, 11) is 3.50. The first-order chi connectivity index (χ1) is 11.6. The van der Waals surface area contributed by atoms with E-state index in [2.05, 4.69) is 9.97 Å². The highest BCUT2D eigenvalue weighted by Gasteiger charge is 2.34. The zero-order valence-corrected chi connectivity index (χ0v) is 13.3. The van der Waals surface area contributed by atoms with Crippen LogP contribution in [0.3, 0.4) is 0 Å². The third-order valence-corrected chi connectivity index (χ3v) is 3.22. The fourth-order valence-electron chi connectivity index (χ4n) is 2.00. The quantitative estimate of drug-likeness (QED) is 0.674. The average Bonchev–Trinajstić information content (AvgIpc) is 2.51. The van der Waals surface area contributed by atoms with E-state index >= 15 is 0 Å². The van der Waals surface area contributed by atoms with Gasteiger partial charge in [-0.05, 0) is 30.0 Å². The molecule has 0 aliphatic rings. The SMILES string of the molecule is CN(C)/C=C\c1cc(-c2ncc(C(F)(F)F)c(N)n2)c(F)cc1C=O. The van der Waals surface area contributed by atoms with Crippen molar-refractivity contribution < 1.29 is 22.4 Å². The van der Waals surface area contributed by atoms with Crippen LogP contribution in [0.15, 0.2) is 24.5 Å². The fraction of sp³-hybridized carbons (Fsp3) is 0.188. The Kier molecular flexibility index (Phi) is 5.05. The number of rotatable bonds is 4. The Bertz CT molecular complexity index is 832. The van der Waals surface area contributed by atoms with Gasteiger partial charge in [-0.2, -0.15) is 13.2 Å². The Hall–Kier alpha value is -2.97. The maximum absolute atomic E-state index is 14.2. The van der Waals surface area contributed by atoms with Crippen LogP contribution in [0.1, 0.15) is 21.5 Å². The molecular weight excluding hydrogens is 340 g/mol. The van der Waals surface area contributed by atoms with Crippen molar-refractivity contribution in [2.75, 3.05) is 19.8 Å². The second kappa shape index (κ2) is 6.88. The van der Waals surface area contributed by atoms with Crippen LogP contribution in [0.4, 0.5) is 23.4 Å². The molecule has 0 aliphatic heterocycles. The minimum Gasteiger partial charge on any atom is -0.383 e. The van der Waals surface area contributed by atoms with Crippen LogP contribution >= 0.6 is 0 Å². The van der Waals surface area contributed by atoms with Gasteiger partial charge in [0, 0.05) is 25.9 Å². The summed E-state index contributed by atoms with van der Waals surface area (Å²) >= 11 is 0. The smallest absolute Gasteiger partial charge is 0.383 e. The van der Waals surface area contributed by atoms with E-state index in [0.717, 1.165) is 6.07 Å². The van der Waals surface area contributed by atoms with Crippen LogP contribution in [0.25, 0.3) is 17.5 Å². The van der Waals surface area contributed by atoms with Gasteiger partial charge in [0.25, 0.3) is 0 Å². The average molecular weight is 354 g/mol. The summed E-state index contributed by atoms with van der Waals surface area (Å²) in [6.07, 6.45) is -0.543. The maximum Gasteiger partial charge on any atom is 0.421 e. The molecule has 1 aromatic heterocycles. The van der Waals surface area contributed by atoms with Crippen molar-refractivity contribution in [1.29, 1.82) is 0 Å². The molecule has 0 spiro atoms. The van der Waals surface area contributed by atoms with Gasteiger partial charge in [0.15, 0.2) is 12.1 Å². The van der Waals surface area contributed by atoms with E-state index in [1.807, 2.05) is 0 Å². The number of carbonyl (C=O) groups is 1. The molecule has 9 heteroatoms. The molecular formula is C16H14F4N4O. The van der Waals surface area contributed by atoms with Crippen molar-refractivity contribution in [1.82, 2.24) is 14.9 Å². The van der Waals surface area contributed by atoms with E-state index < -0.39 is 23.4 Å². The van der Waals surface area contributed by atoms with Crippen molar-refractivity contribution in [3.05, 3.63) is 47.0 Å². The van der Waals surface area contributed by atoms with E-state index in [1.165, 1.54) is 6.07 Å². The lowest BCUT2D eigenvalue weighted by atomic mass is 10.0. The van der Waals surface area contributed by atoms with E-state index in [-0.39, 0.29) is 17.0 Å². The first-order valence-corrected chi connectivity index (χ1v) is 6.97. The van der Waals surface area contributed by atoms with Gasteiger partial charge in [-0.3, -0.25) is 4.79 Å². The summed E-state index contributed by atoms with van der Waals surface area (Å²) in [5.41, 5.74) is 4.40. The molecule has 0 aliphatic carbocycles. The Morgan fingerprint density at radius 2 is 1.88 bits per heavy atom. The van der Waals surface area contributed by atoms with Crippen LogP contribution in [0.5, 0.6) is 0 Å². The number of nitrogen functional groups attached to an aromatic ring is 1. The molecule has 132 valence electrons. The third kappa shape index (κ3) is 4.11. The molecule has 0 atom stereocenters. The van der Waals surface area contributed by atoms with Crippen molar-refractivity contribution in [2.24, 2.45) is 0 Å². The molecule has 1 aromatic carbocycles. The highest BCUT2D eigenvalue weighted by molar-refractivity contribution is 5.84. The van der Waals surface area contributed by atoms with Gasteiger partial charge in [-0.25, -0.2) is 14.4 Å². The molecule has 25 heavy (non-hydrogen) atoms. The molecule has 2 aromatic rings. The Balaban J connectivity index is 2.57. The van der Waals surface area contributed by atoms with Crippen LogP contribution < -0.4 is 5.73 Å². The second-order valence-corrected chi connectivity index (χ2v) is 5.35. The summed E-state index contributed by atoms with van der Waals surface area (Å²) in [4.78, 5) is 19.9. The van der Waals surface area contributed by atoms with Gasteiger partial charge in [0.05, 0.1) is 5.56 Å². The number of halogens is 4. The molecule has 0 fully saturated rings. The van der Waals surface area contributed by atoms with Gasteiger partial charge in [0.1, 0.15) is 17.2 Å². The molecule has 0 amide bonds. The van der Waals surface area contributed by atoms with Crippen LogP contribution in [-0.4, -0.2) is 35.2 Å². The van der Waals surface area contributed by atoms with Crippen molar-refractivity contribution >= 4 is 18.2 Å². The van der Waals surface area contributed by atoms with Crippen molar-refractivity contribution in [3.63, 3.8) is 0 Å². The maximum atomic E-state index is 14.2. The molecule has 1 heterocycles. The highest BCUT2D eigenvalue weighted by atomic mass is 19.4. The van der Waals surface area contributed by atoms with Gasteiger partial charge in [-0.1, -0.05) is 0 Å². The van der Waals surface area contributed by atoms with E-state index in [9.17, 15) is 22.4 Å². The first kappa shape index (κ1) is 18.4. The topological polar surface area (TPSA) is 72.1 Å². The number of hydrogen-bond acceptors (Lipinski definition) is 5. The number of anilines is 1. The van der Waals surface area contributed by atoms with Gasteiger partial charge in [-0.15, -0.1) is 0 Å². The lowest BCUT2D eigenvalue weighted by Gasteiger charge is -2.11. The summed E-state index contributed by atoms with van der Waals surface area (Å²) in [5.74, 6) is -1.95. The number of aldehydes is 1. The second-order valence-electron chi connectivity index (χ2n) is 5.35. The zero-order chi connectivity index (χ0) is 18.8. The van der Waals surface area contributed by atoms with E-state index in [4.69, 9.17) is 5.73 Å². The Morgan fingerprint density at radius 1 is 1.20 bits per heavy atom. The number of benzene rings is 1. The summed E-state index contributed by atoms with van der Waals surface area (Å²) < 4.78 is 52.4. The summed E-state index contributed by atoms with van der Waals surface area (Å²) in [5, 5.41) is 0. The van der Waals surface area contributed by atoms with Crippen LogP contribution in [0.2, 0.25) is 0 Å². The summed E-state index contributed by atoms with van der Waals surface area (Å²) in [6.45, 7) is 0. The number of nitrogens with two attached hydrogens (primary N) is 1. The number of alkyl halides is 3. The van der Waals surface area contributed by atoms with Crippen LogP contribution in [-0.2, 0) is 6.18 Å². The predicted octanol–water partition coefficient (Wildman–Crippen LogP) is 3.23. The van der Waals surface area contributed by atoms with Crippen LogP contribution in [0, 0.1) is 5.82 Å². The fourth-order valence-corrected chi connectivity index (χ4v) is 2.00. The number of aromatic nitrogens is 2. The van der Waals surface area contributed by atoms with Crippen molar-refractivity contribution in [2.45, 2.75) is 6.18 Å². The Labute approximate surface area is 140 Å². The molecule has 2 N–H and O–H groups in total. The largest absolute Gasteiger partial charge is 0.421 e. The van der Waals surface area contributed by atoms with E-state index in [1.54, 1.807) is 31.3 Å². The predicted molar refractivity (Wildman–Crippen MR) is 84.9 cm³/mol. The minimum atomic E-state index is -4.71. The van der Waals surface area contributed by atoms with Gasteiger partial charge >= 0.3 is 6.18 Å². The number of nitrogens with zero attached hydrogens (tertiary/aromatic N) is 3. The zero-order valence-electron chi connectivity index (χ0n) is 13.3. The number of carbonyl (C=O) groups excluding carboxylic acids is 1. The molecule has 0 saturated heterocycles. The normalized spacial score (nSPS) is 11.8. The number of hydrogen-bond donors (Lipinski definition) is 1. The third-order valence-electron chi connectivity index (χ3n) is 3.22. The molecule has 0 bridgehead atoms. The lowest BCUT2D eigenvalue weighted by molar-refractivity contribution is -0.137. The first-order valence-electron chi connectivity index (χ1n) is 6.97. The molecule has 2 rings (SSSR count). The molecule has 0 saturated carbocycles. The molecule has 0 radical (unpaired) electrons. The Morgan fingerprint density at radius 3 is 2.40 bits per heavy atom. The highest BCUT2D eigenvalue weighted by Crippen LogP contribution is 2.33. The molecule has 5 nitrogen and oxygen atoms in total. The summed E-state index contributed by atoms with van der Waals surface area (Å²) in [6, 6.07) is 2.25. The van der Waals surface area contributed by atoms with Gasteiger partial charge < -0.3 is 10.6 Å². The minimum absolute atomic E-state index is 0.0826. The monoisotopic (exact) mass is 354 g/mol. The van der Waals surface area contributed by atoms with E-state index in [0.29, 0.717) is 18.0 Å². The van der Waals surface area contributed by atoms with Gasteiger partial charge in [0.2, 0.25) is 0 Å².